The third kappa shape index (κ3) is 4.64. The summed E-state index contributed by atoms with van der Waals surface area (Å²) >= 11 is 9.29. The molecular formula is C20H17ClINO4S. The predicted molar refractivity (Wildman–Crippen MR) is 120 cm³/mol. The maximum absolute atomic E-state index is 12.1. The fraction of sp³-hybridized carbons (Fsp3) is 0.200. The van der Waals surface area contributed by atoms with Gasteiger partial charge in [0.25, 0.3) is 11.1 Å². The predicted octanol–water partition coefficient (Wildman–Crippen LogP) is 5.59. The Labute approximate surface area is 186 Å². The van der Waals surface area contributed by atoms with Crippen molar-refractivity contribution in [1.82, 2.24) is 4.90 Å². The number of benzene rings is 2. The molecule has 28 heavy (non-hydrogen) atoms. The van der Waals surface area contributed by atoms with E-state index in [1.165, 1.54) is 7.05 Å². The lowest BCUT2D eigenvalue weighted by molar-refractivity contribution is -0.121. The molecule has 2 aromatic rings. The number of likely N-dealkylation sites (N-methyl/N-ethyl adjacent to an activating group) is 1. The Hall–Kier alpha value is -1.71. The van der Waals surface area contributed by atoms with E-state index < -0.39 is 0 Å². The third-order valence-corrected chi connectivity index (χ3v) is 6.08. The van der Waals surface area contributed by atoms with Crippen molar-refractivity contribution in [2.45, 2.75) is 13.5 Å². The number of hydrogen-bond donors (Lipinski definition) is 0. The van der Waals surface area contributed by atoms with E-state index in [9.17, 15) is 9.59 Å². The van der Waals surface area contributed by atoms with E-state index in [-0.39, 0.29) is 11.1 Å². The first-order chi connectivity index (χ1) is 13.4. The fourth-order valence-electron chi connectivity index (χ4n) is 2.54. The summed E-state index contributed by atoms with van der Waals surface area (Å²) in [4.78, 5) is 25.3. The van der Waals surface area contributed by atoms with E-state index in [0.717, 1.165) is 31.4 Å². The van der Waals surface area contributed by atoms with Crippen LogP contribution in [0.15, 0.2) is 41.3 Å². The molecule has 8 heteroatoms. The van der Waals surface area contributed by atoms with Crippen LogP contribution in [0.1, 0.15) is 18.1 Å². The lowest BCUT2D eigenvalue weighted by Gasteiger charge is -2.15. The van der Waals surface area contributed by atoms with Crippen LogP contribution in [0.4, 0.5) is 4.79 Å². The van der Waals surface area contributed by atoms with Crippen molar-refractivity contribution in [2.75, 3.05) is 13.7 Å². The van der Waals surface area contributed by atoms with Gasteiger partial charge in [0, 0.05) is 17.6 Å². The Kier molecular flexibility index (Phi) is 6.90. The maximum atomic E-state index is 12.1. The normalized spacial score (nSPS) is 15.4. The van der Waals surface area contributed by atoms with Crippen molar-refractivity contribution in [3.63, 3.8) is 0 Å². The molecule has 0 bridgehead atoms. The summed E-state index contributed by atoms with van der Waals surface area (Å²) in [6.45, 7) is 2.66. The molecule has 0 atom stereocenters. The van der Waals surface area contributed by atoms with Crippen molar-refractivity contribution >= 4 is 63.2 Å². The van der Waals surface area contributed by atoms with E-state index in [1.54, 1.807) is 12.1 Å². The second kappa shape index (κ2) is 9.19. The van der Waals surface area contributed by atoms with Gasteiger partial charge in [-0.05, 0) is 71.1 Å². The molecule has 0 radical (unpaired) electrons. The van der Waals surface area contributed by atoms with Gasteiger partial charge in [-0.15, -0.1) is 0 Å². The van der Waals surface area contributed by atoms with Gasteiger partial charge in [0.2, 0.25) is 0 Å². The van der Waals surface area contributed by atoms with Gasteiger partial charge >= 0.3 is 0 Å². The highest BCUT2D eigenvalue weighted by atomic mass is 127. The Balaban J connectivity index is 1.89. The number of imide groups is 1. The molecule has 146 valence electrons. The molecule has 1 heterocycles. The Morgan fingerprint density at radius 1 is 1.21 bits per heavy atom. The fourth-order valence-corrected chi connectivity index (χ4v) is 4.34. The molecule has 5 nitrogen and oxygen atoms in total. The van der Waals surface area contributed by atoms with Crippen molar-refractivity contribution in [2.24, 2.45) is 0 Å². The molecular weight excluding hydrogens is 513 g/mol. The van der Waals surface area contributed by atoms with Crippen LogP contribution in [-0.2, 0) is 11.4 Å². The van der Waals surface area contributed by atoms with Gasteiger partial charge in [-0.2, -0.15) is 0 Å². The zero-order valence-electron chi connectivity index (χ0n) is 15.2. The number of carbonyl (C=O) groups excluding carboxylic acids is 2. The van der Waals surface area contributed by atoms with Crippen LogP contribution in [-0.4, -0.2) is 29.7 Å². The molecule has 1 aliphatic rings. The number of rotatable bonds is 6. The smallest absolute Gasteiger partial charge is 0.293 e. The molecule has 1 fully saturated rings. The molecule has 1 aliphatic heterocycles. The van der Waals surface area contributed by atoms with Crippen LogP contribution in [0.2, 0.25) is 5.02 Å². The highest BCUT2D eigenvalue weighted by Gasteiger charge is 2.31. The minimum Gasteiger partial charge on any atom is -0.490 e. The summed E-state index contributed by atoms with van der Waals surface area (Å²) in [5.74, 6) is 0.883. The van der Waals surface area contributed by atoms with E-state index >= 15 is 0 Å². The zero-order valence-corrected chi connectivity index (χ0v) is 18.9. The summed E-state index contributed by atoms with van der Waals surface area (Å²) in [6.07, 6.45) is 1.69. The van der Waals surface area contributed by atoms with E-state index in [2.05, 4.69) is 22.6 Å². The van der Waals surface area contributed by atoms with Gasteiger partial charge in [-0.3, -0.25) is 14.5 Å². The number of carbonyl (C=O) groups is 2. The number of halogens is 2. The van der Waals surface area contributed by atoms with E-state index in [1.807, 2.05) is 37.3 Å². The van der Waals surface area contributed by atoms with Crippen molar-refractivity contribution in [1.29, 1.82) is 0 Å². The van der Waals surface area contributed by atoms with Gasteiger partial charge in [0.15, 0.2) is 11.5 Å². The molecule has 1 saturated heterocycles. The average Bonchev–Trinajstić information content (AvgIpc) is 2.89. The van der Waals surface area contributed by atoms with Crippen LogP contribution >= 0.6 is 46.0 Å². The van der Waals surface area contributed by atoms with Crippen molar-refractivity contribution in [3.8, 4) is 11.5 Å². The van der Waals surface area contributed by atoms with E-state index in [0.29, 0.717) is 34.6 Å². The number of amides is 2. The first-order valence-electron chi connectivity index (χ1n) is 8.44. The maximum Gasteiger partial charge on any atom is 0.293 e. The van der Waals surface area contributed by atoms with Crippen molar-refractivity contribution < 1.29 is 19.1 Å². The second-order valence-electron chi connectivity index (χ2n) is 5.88. The zero-order chi connectivity index (χ0) is 20.3. The number of ether oxygens (including phenoxy) is 2. The lowest BCUT2D eigenvalue weighted by Crippen LogP contribution is -2.22. The third-order valence-electron chi connectivity index (χ3n) is 3.95. The molecule has 0 saturated carbocycles. The number of thioether (sulfide) groups is 1. The molecule has 3 rings (SSSR count). The quantitative estimate of drug-likeness (QED) is 0.361. The minimum absolute atomic E-state index is 0.282. The molecule has 2 amide bonds. The Bertz CT molecular complexity index is 963. The van der Waals surface area contributed by atoms with Crippen LogP contribution in [0.5, 0.6) is 11.5 Å². The first-order valence-corrected chi connectivity index (χ1v) is 10.7. The molecule has 0 aliphatic carbocycles. The average molecular weight is 530 g/mol. The van der Waals surface area contributed by atoms with Gasteiger partial charge in [0.1, 0.15) is 6.61 Å². The summed E-state index contributed by atoms with van der Waals surface area (Å²) in [7, 11) is 1.47. The summed E-state index contributed by atoms with van der Waals surface area (Å²) in [6, 6.07) is 11.2. The van der Waals surface area contributed by atoms with Gasteiger partial charge in [-0.25, -0.2) is 0 Å². The topological polar surface area (TPSA) is 55.8 Å². The largest absolute Gasteiger partial charge is 0.490 e. The molecule has 0 unspecified atom stereocenters. The monoisotopic (exact) mass is 529 g/mol. The van der Waals surface area contributed by atoms with Gasteiger partial charge in [-0.1, -0.05) is 29.8 Å². The van der Waals surface area contributed by atoms with E-state index in [4.69, 9.17) is 21.1 Å². The van der Waals surface area contributed by atoms with Crippen molar-refractivity contribution in [3.05, 3.63) is 61.0 Å². The van der Waals surface area contributed by atoms with Crippen LogP contribution in [0.25, 0.3) is 6.08 Å². The molecule has 0 spiro atoms. The molecule has 0 aromatic heterocycles. The first kappa shape index (κ1) is 21.0. The van der Waals surface area contributed by atoms with Gasteiger partial charge in [0.05, 0.1) is 15.1 Å². The summed E-state index contributed by atoms with van der Waals surface area (Å²) < 4.78 is 12.6. The van der Waals surface area contributed by atoms with Gasteiger partial charge < -0.3 is 9.47 Å². The number of hydrogen-bond acceptors (Lipinski definition) is 5. The molecule has 0 N–H and O–H groups in total. The lowest BCUT2D eigenvalue weighted by atomic mass is 10.1. The highest BCUT2D eigenvalue weighted by Crippen LogP contribution is 2.37. The summed E-state index contributed by atoms with van der Waals surface area (Å²) in [5.41, 5.74) is 1.64. The highest BCUT2D eigenvalue weighted by molar-refractivity contribution is 14.1. The van der Waals surface area contributed by atoms with Crippen LogP contribution < -0.4 is 9.47 Å². The standard InChI is InChI=1S/C20H17ClINO4S/c1-3-26-16-9-12(10-17-19(24)23(2)20(25)28-17)8-15(22)18(16)27-11-13-6-4-5-7-14(13)21/h4-10H,3,11H2,1-2H3/b17-10-. The Morgan fingerprint density at radius 3 is 2.61 bits per heavy atom. The minimum atomic E-state index is -0.304. The summed E-state index contributed by atoms with van der Waals surface area (Å²) in [5, 5.41) is 0.359. The van der Waals surface area contributed by atoms with Crippen LogP contribution in [0.3, 0.4) is 0 Å². The number of nitrogens with zero attached hydrogens (tertiary/aromatic N) is 1. The Morgan fingerprint density at radius 2 is 1.96 bits per heavy atom. The molecule has 2 aromatic carbocycles. The van der Waals surface area contributed by atoms with Crippen LogP contribution in [0, 0.1) is 3.57 Å². The SMILES string of the molecule is CCOc1cc(/C=C2\SC(=O)N(C)C2=O)cc(I)c1OCc1ccccc1Cl. The second-order valence-corrected chi connectivity index (χ2v) is 8.45.